The Bertz CT molecular complexity index is 1680. The van der Waals surface area contributed by atoms with Crippen LogP contribution in [0.15, 0.2) is 104 Å². The molecule has 46 heavy (non-hydrogen) atoms. The first-order valence-corrected chi connectivity index (χ1v) is 15.6. The van der Waals surface area contributed by atoms with E-state index >= 15 is 0 Å². The van der Waals surface area contributed by atoms with Crippen LogP contribution in [0.25, 0.3) is 0 Å². The summed E-state index contributed by atoms with van der Waals surface area (Å²) < 4.78 is 12.4. The fourth-order valence-electron chi connectivity index (χ4n) is 3.60. The van der Waals surface area contributed by atoms with Gasteiger partial charge in [-0.3, -0.25) is 9.59 Å². The Hall–Kier alpha value is -4.36. The molecule has 2 amide bonds. The zero-order valence-corrected chi connectivity index (χ0v) is 28.2. The lowest BCUT2D eigenvalue weighted by Gasteiger charge is -2.08. The Balaban J connectivity index is 1.27. The summed E-state index contributed by atoms with van der Waals surface area (Å²) in [6.07, 6.45) is 2.26. The topological polar surface area (TPSA) is 136 Å². The number of hydrogen-bond acceptors (Lipinski definition) is 8. The molecule has 0 atom stereocenters. The molecule has 4 aromatic rings. The molecule has 0 spiro atoms. The van der Waals surface area contributed by atoms with Crippen LogP contribution in [0.4, 0.5) is 0 Å². The van der Waals surface area contributed by atoms with Crippen molar-refractivity contribution in [2.24, 2.45) is 10.2 Å². The van der Waals surface area contributed by atoms with Crippen LogP contribution >= 0.6 is 55.1 Å². The van der Waals surface area contributed by atoms with Gasteiger partial charge in [0.2, 0.25) is 11.8 Å². The van der Waals surface area contributed by atoms with Gasteiger partial charge in [-0.25, -0.2) is 20.4 Å². The number of amides is 2. The van der Waals surface area contributed by atoms with Crippen LogP contribution in [0.5, 0.6) is 11.5 Å². The van der Waals surface area contributed by atoms with E-state index in [1.165, 1.54) is 36.7 Å². The van der Waals surface area contributed by atoms with E-state index in [0.29, 0.717) is 41.2 Å². The number of ether oxygens (including phenoxy) is 2. The van der Waals surface area contributed by atoms with Crippen molar-refractivity contribution in [1.82, 2.24) is 10.9 Å². The molecule has 4 aromatic carbocycles. The molecule has 2 N–H and O–H groups in total. The van der Waals surface area contributed by atoms with Crippen molar-refractivity contribution in [2.45, 2.75) is 12.8 Å². The summed E-state index contributed by atoms with van der Waals surface area (Å²) >= 11 is 18.5. The van der Waals surface area contributed by atoms with Crippen molar-refractivity contribution in [2.75, 3.05) is 0 Å². The number of hydrogen-bond donors (Lipinski definition) is 2. The fraction of sp³-hybridized carbons (Fsp3) is 0.0625. The summed E-state index contributed by atoms with van der Waals surface area (Å²) in [4.78, 5) is 49.6. The second-order valence-corrected chi connectivity index (χ2v) is 11.9. The van der Waals surface area contributed by atoms with E-state index in [-0.39, 0.29) is 24.3 Å². The van der Waals surface area contributed by atoms with E-state index in [4.69, 9.17) is 32.7 Å². The summed E-state index contributed by atoms with van der Waals surface area (Å²) in [5, 5.41) is 8.80. The molecule has 0 bridgehead atoms. The zero-order valence-electron chi connectivity index (χ0n) is 23.5. The van der Waals surface area contributed by atoms with E-state index in [1.54, 1.807) is 60.7 Å². The van der Waals surface area contributed by atoms with Crippen molar-refractivity contribution in [1.29, 1.82) is 0 Å². The van der Waals surface area contributed by atoms with Gasteiger partial charge in [-0.1, -0.05) is 55.1 Å². The van der Waals surface area contributed by atoms with Gasteiger partial charge in [-0.05, 0) is 84.9 Å². The van der Waals surface area contributed by atoms with Gasteiger partial charge < -0.3 is 9.47 Å². The molecule has 0 fully saturated rings. The van der Waals surface area contributed by atoms with Gasteiger partial charge in [0.25, 0.3) is 0 Å². The lowest BCUT2D eigenvalue weighted by molar-refractivity contribution is -0.126. The largest absolute Gasteiger partial charge is 0.422 e. The summed E-state index contributed by atoms with van der Waals surface area (Å²) in [5.74, 6) is -1.83. The molecule has 234 valence electrons. The first-order valence-electron chi connectivity index (χ1n) is 13.3. The fourth-order valence-corrected chi connectivity index (χ4v) is 4.61. The predicted octanol–water partition coefficient (Wildman–Crippen LogP) is 7.34. The predicted molar refractivity (Wildman–Crippen MR) is 182 cm³/mol. The minimum Gasteiger partial charge on any atom is -0.422 e. The smallest absolute Gasteiger partial charge is 0.343 e. The monoisotopic (exact) mass is 786 g/mol. The first kappa shape index (κ1) is 34.5. The normalized spacial score (nSPS) is 11.0. The molecule has 0 saturated carbocycles. The van der Waals surface area contributed by atoms with Crippen molar-refractivity contribution in [3.05, 3.63) is 126 Å². The average molecular weight is 789 g/mol. The van der Waals surface area contributed by atoms with Gasteiger partial charge >= 0.3 is 11.9 Å². The number of halogens is 4. The van der Waals surface area contributed by atoms with Crippen LogP contribution in [0.2, 0.25) is 10.0 Å². The third-order valence-corrected chi connectivity index (χ3v) is 7.36. The maximum atomic E-state index is 12.5. The number of esters is 2. The lowest BCUT2D eigenvalue weighted by Crippen LogP contribution is -2.23. The third-order valence-electron chi connectivity index (χ3n) is 5.87. The number of carbonyl (C=O) groups excluding carboxylic acids is 4. The summed E-state index contributed by atoms with van der Waals surface area (Å²) in [6, 6.07) is 22.3. The van der Waals surface area contributed by atoms with Gasteiger partial charge in [-0.15, -0.1) is 0 Å². The molecule has 0 aliphatic heterocycles. The van der Waals surface area contributed by atoms with Crippen molar-refractivity contribution < 1.29 is 28.7 Å². The molecule has 0 heterocycles. The number of hydrazone groups is 2. The van der Waals surface area contributed by atoms with Crippen LogP contribution < -0.4 is 20.3 Å². The van der Waals surface area contributed by atoms with Crippen molar-refractivity contribution in [3.8, 4) is 11.5 Å². The number of rotatable bonds is 11. The standard InChI is InChI=1S/C32H22Br2Cl2N4O6/c33-23-5-11-27(45-31(43)19-1-7-25(35)8-2-19)21(15-23)17-37-39-29(41)13-14-30(42)40-38-18-22-16-24(34)6-12-28(22)46-32(44)20-3-9-26(36)10-4-20/h1-12,15-18H,13-14H2,(H,39,41)(H,40,42)/b37-17-,38-18-. The number of benzene rings is 4. The van der Waals surface area contributed by atoms with Gasteiger partial charge in [0.15, 0.2) is 0 Å². The van der Waals surface area contributed by atoms with E-state index in [1.807, 2.05) is 0 Å². The average Bonchev–Trinajstić information content (AvgIpc) is 3.03. The Morgan fingerprint density at radius 2 is 0.978 bits per heavy atom. The molecular weight excluding hydrogens is 767 g/mol. The van der Waals surface area contributed by atoms with Crippen molar-refractivity contribution >= 4 is 91.2 Å². The zero-order chi connectivity index (χ0) is 33.1. The Morgan fingerprint density at radius 3 is 1.35 bits per heavy atom. The molecular formula is C32H22Br2Cl2N4O6. The van der Waals surface area contributed by atoms with E-state index in [0.717, 1.165) is 0 Å². The summed E-state index contributed by atoms with van der Waals surface area (Å²) in [5.41, 5.74) is 6.11. The highest BCUT2D eigenvalue weighted by Crippen LogP contribution is 2.24. The van der Waals surface area contributed by atoms with Crippen LogP contribution in [0, 0.1) is 0 Å². The van der Waals surface area contributed by atoms with Crippen molar-refractivity contribution in [3.63, 3.8) is 0 Å². The lowest BCUT2D eigenvalue weighted by atomic mass is 10.2. The molecule has 0 aliphatic rings. The number of nitrogens with zero attached hydrogens (tertiary/aromatic N) is 2. The Labute approximate surface area is 290 Å². The van der Waals surface area contributed by atoms with Crippen LogP contribution in [-0.2, 0) is 9.59 Å². The Morgan fingerprint density at radius 1 is 0.609 bits per heavy atom. The minimum absolute atomic E-state index is 0.184. The molecule has 0 radical (unpaired) electrons. The van der Waals surface area contributed by atoms with E-state index in [9.17, 15) is 19.2 Å². The highest BCUT2D eigenvalue weighted by molar-refractivity contribution is 9.10. The minimum atomic E-state index is -0.596. The van der Waals surface area contributed by atoms with Crippen LogP contribution in [-0.4, -0.2) is 36.2 Å². The van der Waals surface area contributed by atoms with E-state index in [2.05, 4.69) is 52.9 Å². The molecule has 0 saturated heterocycles. The van der Waals surface area contributed by atoms with Gasteiger partial charge in [0.05, 0.1) is 23.6 Å². The third kappa shape index (κ3) is 10.6. The highest BCUT2D eigenvalue weighted by Gasteiger charge is 2.14. The molecule has 0 aliphatic carbocycles. The van der Waals surface area contributed by atoms with Gasteiger partial charge in [-0.2, -0.15) is 10.2 Å². The second kappa shape index (κ2) is 16.8. The quantitative estimate of drug-likeness (QED) is 0.0707. The Kier molecular flexibility index (Phi) is 12.6. The second-order valence-electron chi connectivity index (χ2n) is 9.24. The van der Waals surface area contributed by atoms with Gasteiger partial charge in [0.1, 0.15) is 11.5 Å². The van der Waals surface area contributed by atoms with E-state index < -0.39 is 23.8 Å². The first-order chi connectivity index (χ1) is 22.1. The molecule has 0 aromatic heterocycles. The SMILES string of the molecule is O=C(CCC(=O)N/N=C\c1cc(Br)ccc1OC(=O)c1ccc(Cl)cc1)N/N=C\c1cc(Br)ccc1OC(=O)c1ccc(Cl)cc1. The molecule has 4 rings (SSSR count). The number of nitrogens with one attached hydrogen (secondary N) is 2. The number of carbonyl (C=O) groups is 4. The highest BCUT2D eigenvalue weighted by atomic mass is 79.9. The maximum Gasteiger partial charge on any atom is 0.343 e. The molecule has 0 unspecified atom stereocenters. The maximum absolute atomic E-state index is 12.5. The van der Waals surface area contributed by atoms with Crippen LogP contribution in [0.1, 0.15) is 44.7 Å². The summed E-state index contributed by atoms with van der Waals surface area (Å²) in [7, 11) is 0. The van der Waals surface area contributed by atoms with Crippen LogP contribution in [0.3, 0.4) is 0 Å². The molecule has 10 nitrogen and oxygen atoms in total. The molecule has 14 heteroatoms. The van der Waals surface area contributed by atoms with Gasteiger partial charge in [0, 0.05) is 43.0 Å². The summed E-state index contributed by atoms with van der Waals surface area (Å²) in [6.45, 7) is 0.